The minimum atomic E-state index is 0.439. The average molecular weight is 213 g/mol. The molecule has 3 rings (SSSR count). The molecule has 1 N–H and O–H groups in total. The molecule has 0 aliphatic heterocycles. The number of aryl methyl sites for hydroxylation is 1. The summed E-state index contributed by atoms with van der Waals surface area (Å²) in [6.07, 6.45) is 5.08. The van der Waals surface area contributed by atoms with Gasteiger partial charge in [0.25, 0.3) is 0 Å². The van der Waals surface area contributed by atoms with Crippen molar-refractivity contribution in [1.29, 1.82) is 0 Å². The van der Waals surface area contributed by atoms with E-state index in [1.54, 1.807) is 5.56 Å². The number of para-hydroxylation sites is 1. The minimum absolute atomic E-state index is 0.439. The summed E-state index contributed by atoms with van der Waals surface area (Å²) in [5.74, 6) is 0. The van der Waals surface area contributed by atoms with Crippen molar-refractivity contribution < 1.29 is 0 Å². The van der Waals surface area contributed by atoms with Crippen molar-refractivity contribution in [3.05, 3.63) is 35.5 Å². The molecular formula is C15H19N. The molecular weight excluding hydrogens is 194 g/mol. The van der Waals surface area contributed by atoms with Crippen molar-refractivity contribution in [2.24, 2.45) is 0 Å². The number of aromatic nitrogens is 1. The van der Waals surface area contributed by atoms with Crippen molar-refractivity contribution >= 4 is 10.9 Å². The summed E-state index contributed by atoms with van der Waals surface area (Å²) in [7, 11) is 0. The third-order valence-corrected chi connectivity index (χ3v) is 4.52. The lowest BCUT2D eigenvalue weighted by Crippen LogP contribution is -2.20. The van der Waals surface area contributed by atoms with Crippen LogP contribution in [0.5, 0.6) is 0 Å². The minimum Gasteiger partial charge on any atom is -0.358 e. The smallest absolute Gasteiger partial charge is 0.0459 e. The van der Waals surface area contributed by atoms with Gasteiger partial charge < -0.3 is 4.98 Å². The number of nitrogens with one attached hydrogen (secondary N) is 1. The number of fused-ring (bicyclic) bond motifs is 3. The number of H-pyrrole nitrogens is 1. The van der Waals surface area contributed by atoms with Gasteiger partial charge in [0.2, 0.25) is 0 Å². The van der Waals surface area contributed by atoms with Crippen molar-refractivity contribution in [1.82, 2.24) is 4.98 Å². The van der Waals surface area contributed by atoms with Crippen LogP contribution in [-0.2, 0) is 11.8 Å². The van der Waals surface area contributed by atoms with Gasteiger partial charge in [0.15, 0.2) is 0 Å². The van der Waals surface area contributed by atoms with Gasteiger partial charge in [-0.1, -0.05) is 32.0 Å². The molecule has 16 heavy (non-hydrogen) atoms. The number of aromatic amines is 1. The molecule has 0 saturated carbocycles. The van der Waals surface area contributed by atoms with Crippen LogP contribution < -0.4 is 0 Å². The van der Waals surface area contributed by atoms with Gasteiger partial charge in [-0.05, 0) is 42.7 Å². The summed E-state index contributed by atoms with van der Waals surface area (Å²) in [4.78, 5) is 3.60. The molecule has 0 radical (unpaired) electrons. The van der Waals surface area contributed by atoms with Crippen LogP contribution in [0.1, 0.15) is 44.4 Å². The normalized spacial score (nSPS) is 17.9. The highest BCUT2D eigenvalue weighted by atomic mass is 14.7. The van der Waals surface area contributed by atoms with Gasteiger partial charge in [-0.15, -0.1) is 0 Å². The second kappa shape index (κ2) is 3.38. The van der Waals surface area contributed by atoms with Gasteiger partial charge >= 0.3 is 0 Å². The zero-order valence-electron chi connectivity index (χ0n) is 10.1. The molecule has 0 unspecified atom stereocenters. The number of rotatable bonds is 2. The summed E-state index contributed by atoms with van der Waals surface area (Å²) in [6.45, 7) is 4.67. The Balaban J connectivity index is 2.30. The van der Waals surface area contributed by atoms with Gasteiger partial charge in [-0.3, -0.25) is 0 Å². The summed E-state index contributed by atoms with van der Waals surface area (Å²) < 4.78 is 0. The van der Waals surface area contributed by atoms with Gasteiger partial charge in [0, 0.05) is 16.6 Å². The first-order valence-electron chi connectivity index (χ1n) is 6.41. The van der Waals surface area contributed by atoms with Crippen LogP contribution in [0.25, 0.3) is 10.9 Å². The van der Waals surface area contributed by atoms with E-state index in [-0.39, 0.29) is 0 Å². The van der Waals surface area contributed by atoms with Crippen LogP contribution >= 0.6 is 0 Å². The van der Waals surface area contributed by atoms with Crippen molar-refractivity contribution in [3.8, 4) is 0 Å². The highest BCUT2D eigenvalue weighted by molar-refractivity contribution is 5.86. The van der Waals surface area contributed by atoms with Crippen LogP contribution in [0.2, 0.25) is 0 Å². The van der Waals surface area contributed by atoms with E-state index >= 15 is 0 Å². The van der Waals surface area contributed by atoms with Crippen LogP contribution in [0.3, 0.4) is 0 Å². The molecule has 1 aliphatic carbocycles. The lowest BCUT2D eigenvalue weighted by atomic mass is 9.76. The maximum Gasteiger partial charge on any atom is 0.0459 e. The van der Waals surface area contributed by atoms with Crippen molar-refractivity contribution in [3.63, 3.8) is 0 Å². The van der Waals surface area contributed by atoms with Gasteiger partial charge in [0.05, 0.1) is 0 Å². The topological polar surface area (TPSA) is 15.8 Å². The summed E-state index contributed by atoms with van der Waals surface area (Å²) in [6, 6.07) is 8.75. The average Bonchev–Trinajstić information content (AvgIpc) is 2.86. The first-order chi connectivity index (χ1) is 7.80. The summed E-state index contributed by atoms with van der Waals surface area (Å²) in [5, 5.41) is 1.46. The van der Waals surface area contributed by atoms with Crippen LogP contribution in [0.15, 0.2) is 24.3 Å². The molecule has 0 bridgehead atoms. The molecule has 1 aliphatic rings. The SMILES string of the molecule is CCC1(CC)CCc2[nH]c3ccccc3c21. The predicted molar refractivity (Wildman–Crippen MR) is 68.9 cm³/mol. The van der Waals surface area contributed by atoms with Crippen LogP contribution in [0.4, 0.5) is 0 Å². The Morgan fingerprint density at radius 2 is 1.94 bits per heavy atom. The fourth-order valence-corrected chi connectivity index (χ4v) is 3.44. The number of hydrogen-bond donors (Lipinski definition) is 1. The quantitative estimate of drug-likeness (QED) is 0.770. The predicted octanol–water partition coefficient (Wildman–Crippen LogP) is 4.17. The second-order valence-corrected chi connectivity index (χ2v) is 5.01. The Kier molecular flexibility index (Phi) is 2.10. The van der Waals surface area contributed by atoms with E-state index in [0.29, 0.717) is 5.41 Å². The Bertz CT molecular complexity index is 517. The van der Waals surface area contributed by atoms with Crippen molar-refractivity contribution in [2.75, 3.05) is 0 Å². The maximum absolute atomic E-state index is 3.60. The Hall–Kier alpha value is -1.24. The molecule has 1 nitrogen and oxygen atoms in total. The van der Waals surface area contributed by atoms with Crippen LogP contribution in [0, 0.1) is 0 Å². The lowest BCUT2D eigenvalue weighted by Gasteiger charge is -2.27. The monoisotopic (exact) mass is 213 g/mol. The standard InChI is InChI=1S/C15H19N/c1-3-15(4-2)10-9-13-14(15)11-7-5-6-8-12(11)16-13/h5-8,16H,3-4,9-10H2,1-2H3. The zero-order chi connectivity index (χ0) is 11.2. The highest BCUT2D eigenvalue weighted by Crippen LogP contribution is 2.47. The molecule has 1 heterocycles. The molecule has 0 saturated heterocycles. The van der Waals surface area contributed by atoms with E-state index in [9.17, 15) is 0 Å². The maximum atomic E-state index is 3.60. The van der Waals surface area contributed by atoms with E-state index in [0.717, 1.165) is 0 Å². The Morgan fingerprint density at radius 1 is 1.19 bits per heavy atom. The Labute approximate surface area is 96.9 Å². The number of hydrogen-bond acceptors (Lipinski definition) is 0. The summed E-state index contributed by atoms with van der Waals surface area (Å²) in [5.41, 5.74) is 4.87. The lowest BCUT2D eigenvalue weighted by molar-refractivity contribution is 0.397. The van der Waals surface area contributed by atoms with E-state index in [4.69, 9.17) is 0 Å². The summed E-state index contributed by atoms with van der Waals surface area (Å²) >= 11 is 0. The van der Waals surface area contributed by atoms with Crippen LogP contribution in [-0.4, -0.2) is 4.98 Å². The van der Waals surface area contributed by atoms with E-state index in [1.165, 1.54) is 42.3 Å². The van der Waals surface area contributed by atoms with E-state index < -0.39 is 0 Å². The fourth-order valence-electron chi connectivity index (χ4n) is 3.44. The molecule has 2 aromatic rings. The molecule has 1 heteroatoms. The second-order valence-electron chi connectivity index (χ2n) is 5.01. The largest absolute Gasteiger partial charge is 0.358 e. The molecule has 0 fully saturated rings. The molecule has 0 atom stereocenters. The third-order valence-electron chi connectivity index (χ3n) is 4.52. The molecule has 1 aromatic heterocycles. The first-order valence-corrected chi connectivity index (χ1v) is 6.41. The zero-order valence-corrected chi connectivity index (χ0v) is 10.1. The molecule has 84 valence electrons. The molecule has 0 amide bonds. The van der Waals surface area contributed by atoms with Crippen molar-refractivity contribution in [2.45, 2.75) is 44.9 Å². The highest BCUT2D eigenvalue weighted by Gasteiger charge is 2.38. The molecule has 0 spiro atoms. The van der Waals surface area contributed by atoms with Gasteiger partial charge in [0.1, 0.15) is 0 Å². The van der Waals surface area contributed by atoms with E-state index in [2.05, 4.69) is 43.1 Å². The third kappa shape index (κ3) is 1.12. The Morgan fingerprint density at radius 3 is 2.69 bits per heavy atom. The van der Waals surface area contributed by atoms with Gasteiger partial charge in [-0.2, -0.15) is 0 Å². The number of benzene rings is 1. The first kappa shape index (κ1) is 9.95. The van der Waals surface area contributed by atoms with Gasteiger partial charge in [-0.25, -0.2) is 0 Å². The molecule has 1 aromatic carbocycles. The fraction of sp³-hybridized carbons (Fsp3) is 0.467. The van der Waals surface area contributed by atoms with E-state index in [1.807, 2.05) is 0 Å².